The van der Waals surface area contributed by atoms with Gasteiger partial charge in [-0.1, -0.05) is 18.2 Å². The third kappa shape index (κ3) is 4.00. The highest BCUT2D eigenvalue weighted by Gasteiger charge is 2.40. The predicted molar refractivity (Wildman–Crippen MR) is 112 cm³/mol. The molecule has 1 aromatic carbocycles. The van der Waals surface area contributed by atoms with Crippen molar-refractivity contribution in [2.75, 3.05) is 37.7 Å². The molecular formula is C23H28N4O2. The molecule has 1 saturated heterocycles. The lowest BCUT2D eigenvalue weighted by Gasteiger charge is -2.32. The van der Waals surface area contributed by atoms with Gasteiger partial charge in [-0.3, -0.25) is 9.78 Å². The van der Waals surface area contributed by atoms with E-state index in [0.29, 0.717) is 25.1 Å². The van der Waals surface area contributed by atoms with Gasteiger partial charge in [0.2, 0.25) is 0 Å². The first-order valence-electron chi connectivity index (χ1n) is 10.6. The third-order valence-corrected chi connectivity index (χ3v) is 6.17. The van der Waals surface area contributed by atoms with E-state index in [4.69, 9.17) is 4.74 Å². The molecule has 0 radical (unpaired) electrons. The number of nitrogens with one attached hydrogen (secondary N) is 1. The Morgan fingerprint density at radius 2 is 2.03 bits per heavy atom. The number of ether oxygens (including phenoxy) is 1. The van der Waals surface area contributed by atoms with Gasteiger partial charge in [-0.2, -0.15) is 0 Å². The summed E-state index contributed by atoms with van der Waals surface area (Å²) in [6, 6.07) is 13.2. The molecule has 3 aliphatic rings. The molecule has 2 unspecified atom stereocenters. The van der Waals surface area contributed by atoms with E-state index in [1.165, 1.54) is 16.8 Å². The number of carbonyl (C=O) groups is 1. The molecule has 1 amide bonds. The van der Waals surface area contributed by atoms with Gasteiger partial charge in [0, 0.05) is 62.8 Å². The van der Waals surface area contributed by atoms with Crippen LogP contribution in [0.25, 0.3) is 0 Å². The predicted octanol–water partition coefficient (Wildman–Crippen LogP) is 2.16. The molecule has 2 atom stereocenters. The molecule has 1 saturated carbocycles. The van der Waals surface area contributed by atoms with Crippen molar-refractivity contribution < 1.29 is 9.53 Å². The molecule has 2 aliphatic heterocycles. The van der Waals surface area contributed by atoms with E-state index in [1.54, 1.807) is 0 Å². The third-order valence-electron chi connectivity index (χ3n) is 6.17. The SMILES string of the molecule is O=C(C1CNCCO1)N(CC1CN(Cc2ccncc2)c2ccccc21)C1CC1. The van der Waals surface area contributed by atoms with E-state index in [9.17, 15) is 4.79 Å². The zero-order valence-electron chi connectivity index (χ0n) is 16.7. The summed E-state index contributed by atoms with van der Waals surface area (Å²) < 4.78 is 5.76. The summed E-state index contributed by atoms with van der Waals surface area (Å²) in [7, 11) is 0. The van der Waals surface area contributed by atoms with E-state index < -0.39 is 0 Å². The molecule has 0 bridgehead atoms. The number of hydrogen-bond acceptors (Lipinski definition) is 5. The lowest BCUT2D eigenvalue weighted by atomic mass is 10.0. The second-order valence-corrected chi connectivity index (χ2v) is 8.28. The van der Waals surface area contributed by atoms with Gasteiger partial charge in [0.05, 0.1) is 6.61 Å². The highest BCUT2D eigenvalue weighted by Crippen LogP contribution is 2.39. The van der Waals surface area contributed by atoms with Crippen LogP contribution in [0.5, 0.6) is 0 Å². The Kier molecular flexibility index (Phi) is 5.21. The standard InChI is InChI=1S/C23H28N4O2/c28-23(22-13-25-11-12-29-22)27(19-5-6-19)16-18-15-26(14-17-7-9-24-10-8-17)21-4-2-1-3-20(18)21/h1-4,7-10,18-19,22,25H,5-6,11-16H2. The number of fused-ring (bicyclic) bond motifs is 1. The number of benzene rings is 1. The van der Waals surface area contributed by atoms with Gasteiger partial charge in [0.15, 0.2) is 0 Å². The Balaban J connectivity index is 1.34. The van der Waals surface area contributed by atoms with E-state index in [-0.39, 0.29) is 12.0 Å². The van der Waals surface area contributed by atoms with Gasteiger partial charge < -0.3 is 19.9 Å². The molecule has 3 heterocycles. The summed E-state index contributed by atoms with van der Waals surface area (Å²) in [5.74, 6) is 0.485. The van der Waals surface area contributed by atoms with Crippen molar-refractivity contribution in [3.63, 3.8) is 0 Å². The average Bonchev–Trinajstić information content (AvgIpc) is 3.57. The fourth-order valence-electron chi connectivity index (χ4n) is 4.55. The molecule has 6 heteroatoms. The molecule has 1 N–H and O–H groups in total. The van der Waals surface area contributed by atoms with E-state index >= 15 is 0 Å². The number of anilines is 1. The second kappa shape index (κ2) is 8.13. The number of rotatable bonds is 6. The van der Waals surface area contributed by atoms with Crippen molar-refractivity contribution in [2.24, 2.45) is 0 Å². The highest BCUT2D eigenvalue weighted by molar-refractivity contribution is 5.82. The van der Waals surface area contributed by atoms with E-state index in [2.05, 4.69) is 56.5 Å². The van der Waals surface area contributed by atoms with Crippen LogP contribution in [-0.4, -0.2) is 60.7 Å². The van der Waals surface area contributed by atoms with Crippen LogP contribution in [0.3, 0.4) is 0 Å². The Morgan fingerprint density at radius 3 is 2.79 bits per heavy atom. The van der Waals surface area contributed by atoms with Gasteiger partial charge in [0.25, 0.3) is 5.91 Å². The number of morpholine rings is 1. The molecule has 5 rings (SSSR count). The Labute approximate surface area is 171 Å². The largest absolute Gasteiger partial charge is 0.366 e. The topological polar surface area (TPSA) is 57.7 Å². The molecule has 152 valence electrons. The van der Waals surface area contributed by atoms with E-state index in [0.717, 1.165) is 39.0 Å². The summed E-state index contributed by atoms with van der Waals surface area (Å²) in [5.41, 5.74) is 3.89. The fraction of sp³-hybridized carbons (Fsp3) is 0.478. The summed E-state index contributed by atoms with van der Waals surface area (Å²) in [6.07, 6.45) is 5.58. The molecule has 0 spiro atoms. The lowest BCUT2D eigenvalue weighted by molar-refractivity contribution is -0.146. The number of carbonyl (C=O) groups excluding carboxylic acids is 1. The van der Waals surface area contributed by atoms with Crippen LogP contribution >= 0.6 is 0 Å². The number of aromatic nitrogens is 1. The van der Waals surface area contributed by atoms with Gasteiger partial charge in [0.1, 0.15) is 6.10 Å². The number of amides is 1. The molecule has 2 aromatic rings. The highest BCUT2D eigenvalue weighted by atomic mass is 16.5. The fourth-order valence-corrected chi connectivity index (χ4v) is 4.55. The maximum absolute atomic E-state index is 13.2. The summed E-state index contributed by atoms with van der Waals surface area (Å²) >= 11 is 0. The van der Waals surface area contributed by atoms with Crippen LogP contribution in [-0.2, 0) is 16.1 Å². The van der Waals surface area contributed by atoms with Crippen molar-refractivity contribution >= 4 is 11.6 Å². The maximum atomic E-state index is 13.2. The van der Waals surface area contributed by atoms with Gasteiger partial charge in [-0.05, 0) is 42.2 Å². The summed E-state index contributed by atoms with van der Waals surface area (Å²) in [5, 5.41) is 3.29. The second-order valence-electron chi connectivity index (χ2n) is 8.28. The van der Waals surface area contributed by atoms with Gasteiger partial charge >= 0.3 is 0 Å². The van der Waals surface area contributed by atoms with E-state index in [1.807, 2.05) is 12.4 Å². The molecule has 29 heavy (non-hydrogen) atoms. The minimum absolute atomic E-state index is 0.157. The van der Waals surface area contributed by atoms with Crippen LogP contribution in [0.15, 0.2) is 48.8 Å². The molecule has 2 fully saturated rings. The Morgan fingerprint density at radius 1 is 1.21 bits per heavy atom. The first kappa shape index (κ1) is 18.6. The zero-order valence-corrected chi connectivity index (χ0v) is 16.7. The summed E-state index contributed by atoms with van der Waals surface area (Å²) in [4.78, 5) is 21.9. The number of pyridine rings is 1. The normalized spacial score (nSPS) is 23.7. The minimum atomic E-state index is -0.339. The smallest absolute Gasteiger partial charge is 0.253 e. The quantitative estimate of drug-likeness (QED) is 0.817. The molecular weight excluding hydrogens is 364 g/mol. The minimum Gasteiger partial charge on any atom is -0.366 e. The Hall–Kier alpha value is -2.44. The summed E-state index contributed by atoms with van der Waals surface area (Å²) in [6.45, 7) is 4.63. The van der Waals surface area contributed by atoms with Crippen molar-refractivity contribution in [2.45, 2.75) is 37.5 Å². The first-order chi connectivity index (χ1) is 14.3. The first-order valence-corrected chi connectivity index (χ1v) is 10.6. The number of para-hydroxylation sites is 1. The van der Waals surface area contributed by atoms with Crippen LogP contribution in [0, 0.1) is 0 Å². The van der Waals surface area contributed by atoms with Gasteiger partial charge in [-0.25, -0.2) is 0 Å². The molecule has 6 nitrogen and oxygen atoms in total. The van der Waals surface area contributed by atoms with Crippen molar-refractivity contribution in [3.05, 3.63) is 59.9 Å². The van der Waals surface area contributed by atoms with Gasteiger partial charge in [-0.15, -0.1) is 0 Å². The number of nitrogens with zero attached hydrogens (tertiary/aromatic N) is 3. The van der Waals surface area contributed by atoms with Crippen LogP contribution in [0.2, 0.25) is 0 Å². The molecule has 1 aliphatic carbocycles. The van der Waals surface area contributed by atoms with Crippen molar-refractivity contribution in [1.82, 2.24) is 15.2 Å². The monoisotopic (exact) mass is 392 g/mol. The Bertz CT molecular complexity index is 849. The number of hydrogen-bond donors (Lipinski definition) is 1. The molecule has 1 aromatic heterocycles. The van der Waals surface area contributed by atoms with Crippen molar-refractivity contribution in [3.8, 4) is 0 Å². The zero-order chi connectivity index (χ0) is 19.6. The van der Waals surface area contributed by atoms with Crippen LogP contribution in [0.4, 0.5) is 5.69 Å². The average molecular weight is 393 g/mol. The van der Waals surface area contributed by atoms with Crippen LogP contribution < -0.4 is 10.2 Å². The van der Waals surface area contributed by atoms with Crippen molar-refractivity contribution in [1.29, 1.82) is 0 Å². The maximum Gasteiger partial charge on any atom is 0.253 e. The van der Waals surface area contributed by atoms with Crippen LogP contribution in [0.1, 0.15) is 29.9 Å². The lowest BCUT2D eigenvalue weighted by Crippen LogP contribution is -2.51.